The number of para-hydroxylation sites is 2. The monoisotopic (exact) mass is 826 g/mol. The predicted octanol–water partition coefficient (Wildman–Crippen LogP) is 14.7. The van der Waals surface area contributed by atoms with Crippen LogP contribution in [0.5, 0.6) is 0 Å². The van der Waals surface area contributed by atoms with Gasteiger partial charge in [-0.1, -0.05) is 176 Å². The van der Waals surface area contributed by atoms with Crippen molar-refractivity contribution in [3.05, 3.63) is 234 Å². The van der Waals surface area contributed by atoms with Crippen molar-refractivity contribution >= 4 is 43.7 Å². The van der Waals surface area contributed by atoms with E-state index in [1.165, 1.54) is 55.3 Å². The largest absolute Gasteiger partial charge is 0.454 e. The summed E-state index contributed by atoms with van der Waals surface area (Å²) < 4.78 is 9.40. The van der Waals surface area contributed by atoms with Gasteiger partial charge in [-0.05, 0) is 74.8 Å². The zero-order chi connectivity index (χ0) is 42.8. The van der Waals surface area contributed by atoms with Crippen LogP contribution in [-0.4, -0.2) is 14.5 Å². The fourth-order valence-corrected chi connectivity index (χ4v) is 11.4. The Morgan fingerprint density at radius 1 is 0.446 bits per heavy atom. The van der Waals surface area contributed by atoms with Crippen LogP contribution in [0.3, 0.4) is 0 Å². The van der Waals surface area contributed by atoms with Gasteiger partial charge in [-0.2, -0.15) is 5.26 Å². The Bertz CT molecular complexity index is 3920. The molecule has 0 N–H and O–H groups in total. The summed E-state index contributed by atoms with van der Waals surface area (Å²) in [5.41, 5.74) is 18.6. The minimum atomic E-state index is -0.456. The van der Waals surface area contributed by atoms with Gasteiger partial charge < -0.3 is 8.98 Å². The zero-order valence-electron chi connectivity index (χ0n) is 34.8. The molecule has 0 saturated carbocycles. The molecule has 5 nitrogen and oxygen atoms in total. The van der Waals surface area contributed by atoms with Crippen molar-refractivity contribution in [3.8, 4) is 67.9 Å². The summed E-state index contributed by atoms with van der Waals surface area (Å²) in [6.07, 6.45) is 0. The number of aromatic nitrogens is 3. The number of hydrogen-bond acceptors (Lipinski definition) is 4. The number of benzene rings is 9. The van der Waals surface area contributed by atoms with E-state index in [0.717, 1.165) is 55.3 Å². The lowest BCUT2D eigenvalue weighted by molar-refractivity contribution is 0.666. The van der Waals surface area contributed by atoms with Crippen molar-refractivity contribution in [1.82, 2.24) is 14.5 Å². The maximum atomic E-state index is 10.7. The predicted molar refractivity (Wildman–Crippen MR) is 261 cm³/mol. The molecule has 1 spiro atoms. The topological polar surface area (TPSA) is 67.6 Å². The normalized spacial score (nSPS) is 13.0. The Labute approximate surface area is 373 Å². The first-order valence-corrected chi connectivity index (χ1v) is 22.0. The smallest absolute Gasteiger partial charge is 0.161 e. The van der Waals surface area contributed by atoms with Crippen LogP contribution in [0.25, 0.3) is 106 Å². The van der Waals surface area contributed by atoms with Crippen LogP contribution < -0.4 is 0 Å². The molecule has 2 aliphatic carbocycles. The summed E-state index contributed by atoms with van der Waals surface area (Å²) >= 11 is 0. The molecule has 0 unspecified atom stereocenters. The molecule has 0 amide bonds. The third-order valence-electron chi connectivity index (χ3n) is 13.9. The van der Waals surface area contributed by atoms with Gasteiger partial charge in [-0.15, -0.1) is 0 Å². The summed E-state index contributed by atoms with van der Waals surface area (Å²) in [6.45, 7) is 0. The lowest BCUT2D eigenvalue weighted by atomic mass is 9.70. The van der Waals surface area contributed by atoms with Gasteiger partial charge in [0.1, 0.15) is 17.2 Å². The summed E-state index contributed by atoms with van der Waals surface area (Å²) in [6, 6.07) is 75.2. The van der Waals surface area contributed by atoms with Crippen LogP contribution in [0, 0.1) is 11.3 Å². The summed E-state index contributed by atoms with van der Waals surface area (Å²) in [5.74, 6) is 0.517. The van der Waals surface area contributed by atoms with Gasteiger partial charge in [0.15, 0.2) is 11.4 Å². The minimum Gasteiger partial charge on any atom is -0.454 e. The lowest BCUT2D eigenvalue weighted by Gasteiger charge is -2.30. The van der Waals surface area contributed by atoms with Crippen LogP contribution in [0.1, 0.15) is 27.8 Å². The highest BCUT2D eigenvalue weighted by Crippen LogP contribution is 2.64. The first-order valence-electron chi connectivity index (χ1n) is 22.0. The highest BCUT2D eigenvalue weighted by molar-refractivity contribution is 6.21. The maximum Gasteiger partial charge on any atom is 0.161 e. The van der Waals surface area contributed by atoms with Crippen molar-refractivity contribution in [1.29, 1.82) is 5.26 Å². The molecule has 65 heavy (non-hydrogen) atoms. The third-order valence-corrected chi connectivity index (χ3v) is 13.9. The molecule has 0 fully saturated rings. The van der Waals surface area contributed by atoms with E-state index in [0.29, 0.717) is 22.8 Å². The Kier molecular flexibility index (Phi) is 7.32. The summed E-state index contributed by atoms with van der Waals surface area (Å²) in [5, 5.41) is 15.0. The first kappa shape index (κ1) is 35.7. The third kappa shape index (κ3) is 4.70. The highest BCUT2D eigenvalue weighted by atomic mass is 16.3. The van der Waals surface area contributed by atoms with Crippen LogP contribution >= 0.6 is 0 Å². The number of nitrogens with zero attached hydrogens (tertiary/aromatic N) is 4. The van der Waals surface area contributed by atoms with Crippen molar-refractivity contribution in [2.45, 2.75) is 5.41 Å². The van der Waals surface area contributed by atoms with E-state index in [1.807, 2.05) is 72.8 Å². The van der Waals surface area contributed by atoms with E-state index in [1.54, 1.807) is 0 Å². The van der Waals surface area contributed by atoms with E-state index in [2.05, 4.69) is 144 Å². The second-order valence-electron chi connectivity index (χ2n) is 17.0. The van der Waals surface area contributed by atoms with Gasteiger partial charge in [0.05, 0.1) is 33.5 Å². The van der Waals surface area contributed by atoms with Gasteiger partial charge in [-0.25, -0.2) is 9.97 Å². The molecule has 9 aromatic carbocycles. The molecule has 0 atom stereocenters. The van der Waals surface area contributed by atoms with Gasteiger partial charge in [0.25, 0.3) is 0 Å². The number of furan rings is 1. The van der Waals surface area contributed by atoms with Crippen molar-refractivity contribution < 1.29 is 4.42 Å². The van der Waals surface area contributed by atoms with Crippen LogP contribution in [-0.2, 0) is 5.41 Å². The van der Waals surface area contributed by atoms with Gasteiger partial charge in [0, 0.05) is 38.2 Å². The average molecular weight is 827 g/mol. The molecule has 12 aromatic rings. The van der Waals surface area contributed by atoms with Gasteiger partial charge in [-0.3, -0.25) is 0 Å². The fraction of sp³-hybridized carbons (Fsp3) is 0.0167. The van der Waals surface area contributed by atoms with E-state index in [4.69, 9.17) is 14.4 Å². The van der Waals surface area contributed by atoms with E-state index in [-0.39, 0.29) is 0 Å². The summed E-state index contributed by atoms with van der Waals surface area (Å²) in [4.78, 5) is 10.5. The molecule has 0 aliphatic heterocycles. The van der Waals surface area contributed by atoms with Crippen LogP contribution in [0.2, 0.25) is 0 Å². The lowest BCUT2D eigenvalue weighted by Crippen LogP contribution is -2.25. The van der Waals surface area contributed by atoms with Crippen molar-refractivity contribution in [3.63, 3.8) is 0 Å². The van der Waals surface area contributed by atoms with E-state index < -0.39 is 5.41 Å². The number of rotatable bonds is 4. The Hall–Kier alpha value is -8.85. The number of nitriles is 1. The molecule has 3 heterocycles. The molecule has 0 saturated heterocycles. The Balaban J connectivity index is 1.07. The molecule has 300 valence electrons. The molecule has 2 aliphatic rings. The van der Waals surface area contributed by atoms with Gasteiger partial charge in [0.2, 0.25) is 0 Å². The average Bonchev–Trinajstić information content (AvgIpc) is 4.10. The molecular weight excluding hydrogens is 793 g/mol. The molecule has 14 rings (SSSR count). The van der Waals surface area contributed by atoms with Crippen molar-refractivity contribution in [2.24, 2.45) is 0 Å². The first-order chi connectivity index (χ1) is 32.2. The fourth-order valence-electron chi connectivity index (χ4n) is 11.4. The Morgan fingerprint density at radius 3 is 1.66 bits per heavy atom. The molecule has 0 bridgehead atoms. The van der Waals surface area contributed by atoms with Crippen molar-refractivity contribution in [2.75, 3.05) is 0 Å². The molecule has 3 aromatic heterocycles. The SMILES string of the molecule is N#Cc1c(-c2ccccc2)nc(-c2ccc(-n3c4ccccc4c4c5c(ccc43)C3(c4ccccc4-c4ccccc43)c3ccccc3-5)c3oc4ccccc4c23)nc1-c1ccccc1. The standard InChI is InChI=1S/C60H34N4O/c61-35-44-56(36-17-3-1-4-18-36)62-59(63-57(44)37-19-5-2-6-20-37)43-31-33-51(58-53(43)42-25-11-16-30-52(42)65-58)64-49-29-15-10-24-41(49)55-50(64)34-32-48-54(55)40-23-9-14-28-47(40)60(48)45-26-12-7-21-38(45)39-22-8-13-27-46(39)60/h1-34H. The van der Waals surface area contributed by atoms with Crippen LogP contribution in [0.15, 0.2) is 211 Å². The van der Waals surface area contributed by atoms with E-state index >= 15 is 0 Å². The summed E-state index contributed by atoms with van der Waals surface area (Å²) in [7, 11) is 0. The number of fused-ring (bicyclic) bond motifs is 17. The maximum absolute atomic E-state index is 10.7. The molecule has 0 radical (unpaired) electrons. The second kappa shape index (κ2) is 13.3. The quantitative estimate of drug-likeness (QED) is 0.177. The molecule has 5 heteroatoms. The van der Waals surface area contributed by atoms with Crippen LogP contribution in [0.4, 0.5) is 0 Å². The minimum absolute atomic E-state index is 0.432. The van der Waals surface area contributed by atoms with E-state index in [9.17, 15) is 5.26 Å². The highest BCUT2D eigenvalue weighted by Gasteiger charge is 2.52. The number of hydrogen-bond donors (Lipinski definition) is 0. The zero-order valence-corrected chi connectivity index (χ0v) is 34.8. The Morgan fingerprint density at radius 2 is 1.00 bits per heavy atom. The molecular formula is C60H34N4O. The van der Waals surface area contributed by atoms with Gasteiger partial charge >= 0.3 is 0 Å². The second-order valence-corrected chi connectivity index (χ2v) is 17.0.